The fourth-order valence-corrected chi connectivity index (χ4v) is 3.65. The Morgan fingerprint density at radius 3 is 2.79 bits per heavy atom. The van der Waals surface area contributed by atoms with Crippen LogP contribution in [0.15, 0.2) is 43.0 Å². The van der Waals surface area contributed by atoms with Gasteiger partial charge in [-0.1, -0.05) is 23.7 Å². The van der Waals surface area contributed by atoms with Crippen LogP contribution in [0, 0.1) is 12.7 Å². The van der Waals surface area contributed by atoms with Gasteiger partial charge in [-0.05, 0) is 43.2 Å². The average molecular weight is 412 g/mol. The number of ether oxygens (including phenoxy) is 1. The van der Waals surface area contributed by atoms with E-state index < -0.39 is 0 Å². The first kappa shape index (κ1) is 19.1. The van der Waals surface area contributed by atoms with Gasteiger partial charge in [0, 0.05) is 16.1 Å². The number of nitrogens with one attached hydrogen (secondary N) is 2. The number of rotatable bonds is 5. The van der Waals surface area contributed by atoms with Gasteiger partial charge in [0.05, 0.1) is 19.5 Å². The van der Waals surface area contributed by atoms with Crippen molar-refractivity contribution in [2.75, 3.05) is 12.4 Å². The minimum atomic E-state index is -0.320. The first-order chi connectivity index (χ1) is 14.0. The van der Waals surface area contributed by atoms with Gasteiger partial charge in [-0.2, -0.15) is 0 Å². The number of fused-ring (bicyclic) bond motifs is 1. The van der Waals surface area contributed by atoms with E-state index in [1.807, 2.05) is 26.0 Å². The summed E-state index contributed by atoms with van der Waals surface area (Å²) in [5.74, 6) is 0.928. The Kier molecular flexibility index (Phi) is 5.07. The minimum absolute atomic E-state index is 0.211. The molecule has 1 unspecified atom stereocenters. The van der Waals surface area contributed by atoms with Gasteiger partial charge in [0.25, 0.3) is 0 Å². The predicted molar refractivity (Wildman–Crippen MR) is 112 cm³/mol. The molecule has 2 aromatic heterocycles. The number of aromatic amines is 1. The molecule has 2 heterocycles. The van der Waals surface area contributed by atoms with E-state index in [9.17, 15) is 4.39 Å². The first-order valence-corrected chi connectivity index (χ1v) is 9.41. The van der Waals surface area contributed by atoms with Crippen LogP contribution in [0.1, 0.15) is 24.1 Å². The highest BCUT2D eigenvalue weighted by Gasteiger charge is 2.22. The Morgan fingerprint density at radius 1 is 1.21 bits per heavy atom. The number of imidazole rings is 1. The van der Waals surface area contributed by atoms with E-state index in [2.05, 4.69) is 25.3 Å². The quantitative estimate of drug-likeness (QED) is 0.466. The Bertz CT molecular complexity index is 1190. The summed E-state index contributed by atoms with van der Waals surface area (Å²) in [5.41, 5.74) is 4.40. The number of H-pyrrole nitrogens is 1. The molecule has 29 heavy (non-hydrogen) atoms. The molecule has 148 valence electrons. The lowest BCUT2D eigenvalue weighted by atomic mass is 9.93. The Hall–Kier alpha value is -3.19. The van der Waals surface area contributed by atoms with Crippen molar-refractivity contribution in [2.45, 2.75) is 19.9 Å². The van der Waals surface area contributed by atoms with Crippen LogP contribution in [0.4, 0.5) is 10.2 Å². The molecule has 0 aliphatic rings. The number of methoxy groups -OCH3 is 1. The molecule has 0 saturated heterocycles. The molecule has 0 saturated carbocycles. The second kappa shape index (κ2) is 7.67. The second-order valence-electron chi connectivity index (χ2n) is 6.68. The molecule has 0 fully saturated rings. The molecule has 2 aromatic carbocycles. The third-order valence-corrected chi connectivity index (χ3v) is 5.26. The molecule has 4 rings (SSSR count). The largest absolute Gasteiger partial charge is 0.496 e. The van der Waals surface area contributed by atoms with E-state index in [-0.39, 0.29) is 11.9 Å². The van der Waals surface area contributed by atoms with Crippen LogP contribution in [0.25, 0.3) is 22.3 Å². The maximum absolute atomic E-state index is 13.9. The van der Waals surface area contributed by atoms with Crippen LogP contribution in [-0.2, 0) is 0 Å². The highest BCUT2D eigenvalue weighted by molar-refractivity contribution is 6.32. The monoisotopic (exact) mass is 411 g/mol. The highest BCUT2D eigenvalue weighted by Crippen LogP contribution is 2.43. The van der Waals surface area contributed by atoms with Gasteiger partial charge in [0.2, 0.25) is 0 Å². The maximum Gasteiger partial charge on any atom is 0.182 e. The summed E-state index contributed by atoms with van der Waals surface area (Å²) in [4.78, 5) is 15.6. The Labute approximate surface area is 172 Å². The lowest BCUT2D eigenvalue weighted by Gasteiger charge is -2.23. The van der Waals surface area contributed by atoms with Crippen molar-refractivity contribution in [3.05, 3.63) is 65.0 Å². The van der Waals surface area contributed by atoms with Crippen molar-refractivity contribution in [3.8, 4) is 16.9 Å². The van der Waals surface area contributed by atoms with Gasteiger partial charge in [-0.15, -0.1) is 0 Å². The lowest BCUT2D eigenvalue weighted by molar-refractivity contribution is 0.409. The lowest BCUT2D eigenvalue weighted by Crippen LogP contribution is -2.11. The standard InChI is InChI=1S/C21H19ClFN5O/c1-11-16(22)8-15(19(29-3)17(11)13-5-4-6-14(23)7-13)12(2)28-21-18-20(25-9-24-18)26-10-27-21/h4-10,12H,1-3H3,(H2,24,25,26,27,28). The Balaban J connectivity index is 1.82. The molecule has 6 nitrogen and oxygen atoms in total. The SMILES string of the molecule is COc1c(C(C)Nc2ncnc3nc[nH]c23)cc(Cl)c(C)c1-c1cccc(F)c1. The van der Waals surface area contributed by atoms with Crippen LogP contribution >= 0.6 is 11.6 Å². The number of hydrogen-bond donors (Lipinski definition) is 2. The molecule has 2 N–H and O–H groups in total. The number of benzene rings is 2. The summed E-state index contributed by atoms with van der Waals surface area (Å²) in [5, 5.41) is 3.94. The van der Waals surface area contributed by atoms with Crippen molar-refractivity contribution in [1.82, 2.24) is 19.9 Å². The molecular formula is C21H19ClFN5O. The Morgan fingerprint density at radius 2 is 2.03 bits per heavy atom. The summed E-state index contributed by atoms with van der Waals surface area (Å²) in [6.45, 7) is 3.87. The van der Waals surface area contributed by atoms with Crippen LogP contribution in [0.3, 0.4) is 0 Å². The minimum Gasteiger partial charge on any atom is -0.496 e. The van der Waals surface area contributed by atoms with E-state index in [0.29, 0.717) is 33.3 Å². The predicted octanol–water partition coefficient (Wildman–Crippen LogP) is 5.30. The van der Waals surface area contributed by atoms with Gasteiger partial charge in [-0.3, -0.25) is 0 Å². The van der Waals surface area contributed by atoms with Gasteiger partial charge in [-0.25, -0.2) is 19.3 Å². The summed E-state index contributed by atoms with van der Waals surface area (Å²) in [7, 11) is 1.60. The van der Waals surface area contributed by atoms with Crippen LogP contribution in [0.2, 0.25) is 5.02 Å². The van der Waals surface area contributed by atoms with E-state index >= 15 is 0 Å². The van der Waals surface area contributed by atoms with Gasteiger partial charge in [0.15, 0.2) is 11.5 Å². The van der Waals surface area contributed by atoms with Crippen molar-refractivity contribution in [1.29, 1.82) is 0 Å². The number of aromatic nitrogens is 4. The smallest absolute Gasteiger partial charge is 0.182 e. The third kappa shape index (κ3) is 3.49. The highest BCUT2D eigenvalue weighted by atomic mass is 35.5. The molecule has 0 bridgehead atoms. The van der Waals surface area contributed by atoms with E-state index in [0.717, 1.165) is 16.7 Å². The molecule has 8 heteroatoms. The zero-order valence-corrected chi connectivity index (χ0v) is 16.9. The number of nitrogens with zero attached hydrogens (tertiary/aromatic N) is 3. The summed E-state index contributed by atoms with van der Waals surface area (Å²) >= 11 is 6.54. The zero-order valence-electron chi connectivity index (χ0n) is 16.1. The molecule has 0 aliphatic carbocycles. The maximum atomic E-state index is 13.9. The van der Waals surface area contributed by atoms with E-state index in [4.69, 9.17) is 16.3 Å². The molecule has 1 atom stereocenters. The molecule has 0 radical (unpaired) electrons. The van der Waals surface area contributed by atoms with Gasteiger partial charge in [0.1, 0.15) is 23.4 Å². The van der Waals surface area contributed by atoms with E-state index in [1.165, 1.54) is 18.5 Å². The molecule has 0 spiro atoms. The average Bonchev–Trinajstić information content (AvgIpc) is 3.19. The van der Waals surface area contributed by atoms with Gasteiger partial charge >= 0.3 is 0 Å². The van der Waals surface area contributed by atoms with Crippen molar-refractivity contribution >= 4 is 28.6 Å². The number of hydrogen-bond acceptors (Lipinski definition) is 5. The second-order valence-corrected chi connectivity index (χ2v) is 7.09. The number of anilines is 1. The fourth-order valence-electron chi connectivity index (χ4n) is 3.43. The number of halogens is 2. The van der Waals surface area contributed by atoms with Crippen LogP contribution in [-0.4, -0.2) is 27.0 Å². The van der Waals surface area contributed by atoms with E-state index in [1.54, 1.807) is 19.5 Å². The summed E-state index contributed by atoms with van der Waals surface area (Å²) < 4.78 is 19.6. The van der Waals surface area contributed by atoms with Crippen LogP contribution in [0.5, 0.6) is 5.75 Å². The van der Waals surface area contributed by atoms with Gasteiger partial charge < -0.3 is 15.0 Å². The first-order valence-electron chi connectivity index (χ1n) is 9.03. The van der Waals surface area contributed by atoms with Crippen LogP contribution < -0.4 is 10.1 Å². The topological polar surface area (TPSA) is 75.7 Å². The molecule has 0 amide bonds. The summed E-state index contributed by atoms with van der Waals surface area (Å²) in [6, 6.07) is 8.04. The molecule has 0 aliphatic heterocycles. The fraction of sp³-hybridized carbons (Fsp3) is 0.190. The summed E-state index contributed by atoms with van der Waals surface area (Å²) in [6.07, 6.45) is 3.02. The molecule has 4 aromatic rings. The van der Waals surface area contributed by atoms with Crippen molar-refractivity contribution < 1.29 is 9.13 Å². The third-order valence-electron chi connectivity index (χ3n) is 4.86. The normalized spacial score (nSPS) is 12.2. The molecular weight excluding hydrogens is 393 g/mol. The van der Waals surface area contributed by atoms with Crippen molar-refractivity contribution in [3.63, 3.8) is 0 Å². The zero-order chi connectivity index (χ0) is 20.5. The van der Waals surface area contributed by atoms with Crippen molar-refractivity contribution in [2.24, 2.45) is 0 Å².